The molecule has 0 spiro atoms. The molecule has 3 aromatic rings. The number of rotatable bonds is 8. The van der Waals surface area contributed by atoms with Crippen LogP contribution >= 0.6 is 27.5 Å². The van der Waals surface area contributed by atoms with Gasteiger partial charge in [-0.15, -0.1) is 0 Å². The number of unbranched alkanes of at least 4 members (excludes halogenated alkanes) is 1. The molecule has 154 valence electrons. The number of fused-ring (bicyclic) bond motifs is 1. The first kappa shape index (κ1) is 21.4. The molecule has 3 rings (SSSR count). The van der Waals surface area contributed by atoms with Crippen LogP contribution in [0, 0.1) is 0 Å². The van der Waals surface area contributed by atoms with E-state index in [1.54, 1.807) is 30.3 Å². The second kappa shape index (κ2) is 9.04. The quantitative estimate of drug-likeness (QED) is 0.474. The summed E-state index contributed by atoms with van der Waals surface area (Å²) in [5.74, 6) is 0.372. The van der Waals surface area contributed by atoms with Crippen LogP contribution in [-0.4, -0.2) is 42.7 Å². The molecule has 3 aromatic heterocycles. The van der Waals surface area contributed by atoms with Crippen molar-refractivity contribution in [3.8, 4) is 0 Å². The number of aromatic nitrogens is 5. The highest BCUT2D eigenvalue weighted by Gasteiger charge is 2.27. The van der Waals surface area contributed by atoms with Crippen molar-refractivity contribution in [2.75, 3.05) is 11.9 Å². The highest BCUT2D eigenvalue weighted by molar-refractivity contribution is 9.10. The van der Waals surface area contributed by atoms with Crippen LogP contribution in [0.1, 0.15) is 43.5 Å². The number of halogens is 2. The standard InChI is InChI=1S/C19H23BrClN7O/c1-4-5-6-19(2,11-23-17(29)12-8-24-28(3)10-12)27-16-15-14(25-18(21)26-16)7-13(20)9-22-15/h7-10H,4-6,11H2,1-3H3,(H,23,29)(H,25,26,27)/t19-/m1/s1. The molecule has 1 atom stereocenters. The highest BCUT2D eigenvalue weighted by Crippen LogP contribution is 2.27. The lowest BCUT2D eigenvalue weighted by Crippen LogP contribution is -2.46. The van der Waals surface area contributed by atoms with E-state index in [2.05, 4.69) is 53.5 Å². The van der Waals surface area contributed by atoms with E-state index in [9.17, 15) is 4.79 Å². The molecule has 1 amide bonds. The lowest BCUT2D eigenvalue weighted by molar-refractivity contribution is 0.0945. The minimum absolute atomic E-state index is 0.136. The number of aryl methyl sites for hydroxylation is 1. The van der Waals surface area contributed by atoms with Crippen molar-refractivity contribution in [3.05, 3.63) is 40.0 Å². The number of nitrogens with zero attached hydrogens (tertiary/aromatic N) is 5. The van der Waals surface area contributed by atoms with E-state index in [0.717, 1.165) is 23.7 Å². The van der Waals surface area contributed by atoms with E-state index in [1.807, 2.05) is 13.0 Å². The first-order valence-electron chi connectivity index (χ1n) is 9.33. The van der Waals surface area contributed by atoms with Gasteiger partial charge in [0.15, 0.2) is 5.82 Å². The molecule has 0 unspecified atom stereocenters. The van der Waals surface area contributed by atoms with Crippen LogP contribution in [0.3, 0.4) is 0 Å². The first-order chi connectivity index (χ1) is 13.8. The zero-order valence-electron chi connectivity index (χ0n) is 16.5. The third kappa shape index (κ3) is 5.42. The minimum Gasteiger partial charge on any atom is -0.361 e. The fourth-order valence-electron chi connectivity index (χ4n) is 3.02. The van der Waals surface area contributed by atoms with Gasteiger partial charge in [0.05, 0.1) is 22.8 Å². The number of carbonyl (C=O) groups excluding carboxylic acids is 1. The average Bonchev–Trinajstić information content (AvgIpc) is 3.10. The van der Waals surface area contributed by atoms with Crippen LogP contribution in [0.25, 0.3) is 11.0 Å². The van der Waals surface area contributed by atoms with Crippen LogP contribution < -0.4 is 10.6 Å². The van der Waals surface area contributed by atoms with Gasteiger partial charge in [-0.25, -0.2) is 9.97 Å². The number of hydrogen-bond donors (Lipinski definition) is 2. The second-order valence-corrected chi connectivity index (χ2v) is 8.49. The Balaban J connectivity index is 1.84. The van der Waals surface area contributed by atoms with Gasteiger partial charge in [-0.1, -0.05) is 19.8 Å². The van der Waals surface area contributed by atoms with Gasteiger partial charge in [0.25, 0.3) is 5.91 Å². The summed E-state index contributed by atoms with van der Waals surface area (Å²) in [7, 11) is 1.78. The van der Waals surface area contributed by atoms with E-state index >= 15 is 0 Å². The van der Waals surface area contributed by atoms with Gasteiger partial charge < -0.3 is 10.6 Å². The number of amides is 1. The summed E-state index contributed by atoms with van der Waals surface area (Å²) in [6.07, 6.45) is 7.78. The van der Waals surface area contributed by atoms with E-state index in [1.165, 1.54) is 0 Å². The predicted molar refractivity (Wildman–Crippen MR) is 117 cm³/mol. The lowest BCUT2D eigenvalue weighted by Gasteiger charge is -2.32. The van der Waals surface area contributed by atoms with Gasteiger partial charge in [0.1, 0.15) is 5.52 Å². The average molecular weight is 481 g/mol. The molecule has 10 heteroatoms. The largest absolute Gasteiger partial charge is 0.361 e. The molecule has 0 fully saturated rings. The van der Waals surface area contributed by atoms with Crippen molar-refractivity contribution in [2.45, 2.75) is 38.6 Å². The van der Waals surface area contributed by atoms with E-state index < -0.39 is 5.54 Å². The topological polar surface area (TPSA) is 97.6 Å². The number of anilines is 1. The maximum atomic E-state index is 12.5. The Morgan fingerprint density at radius 1 is 1.34 bits per heavy atom. The Bertz CT molecular complexity index is 1020. The van der Waals surface area contributed by atoms with Crippen LogP contribution in [0.5, 0.6) is 0 Å². The maximum absolute atomic E-state index is 12.5. The molecule has 0 aliphatic carbocycles. The molecule has 0 radical (unpaired) electrons. The molecule has 8 nitrogen and oxygen atoms in total. The van der Waals surface area contributed by atoms with Gasteiger partial charge in [-0.2, -0.15) is 10.1 Å². The third-order valence-corrected chi connectivity index (χ3v) is 5.19. The van der Waals surface area contributed by atoms with Crippen LogP contribution in [0.2, 0.25) is 5.28 Å². The smallest absolute Gasteiger partial charge is 0.254 e. The molecule has 3 heterocycles. The molecule has 0 aromatic carbocycles. The van der Waals surface area contributed by atoms with Gasteiger partial charge in [0, 0.05) is 30.5 Å². The maximum Gasteiger partial charge on any atom is 0.254 e. The zero-order chi connectivity index (χ0) is 21.0. The summed E-state index contributed by atoms with van der Waals surface area (Å²) < 4.78 is 2.41. The Kier molecular flexibility index (Phi) is 6.69. The Morgan fingerprint density at radius 2 is 2.14 bits per heavy atom. The molecule has 0 aliphatic rings. The summed E-state index contributed by atoms with van der Waals surface area (Å²) in [6, 6.07) is 1.84. The first-order valence-corrected chi connectivity index (χ1v) is 10.5. The molecule has 0 bridgehead atoms. The molecule has 0 saturated heterocycles. The second-order valence-electron chi connectivity index (χ2n) is 7.24. The lowest BCUT2D eigenvalue weighted by atomic mass is 9.94. The Hall–Kier alpha value is -2.26. The Labute approximate surface area is 182 Å². The highest BCUT2D eigenvalue weighted by atomic mass is 79.9. The molecule has 29 heavy (non-hydrogen) atoms. The molecular weight excluding hydrogens is 458 g/mol. The summed E-state index contributed by atoms with van der Waals surface area (Å²) in [5.41, 5.74) is 1.33. The van der Waals surface area contributed by atoms with Gasteiger partial charge in [0.2, 0.25) is 5.28 Å². The van der Waals surface area contributed by atoms with Crippen molar-refractivity contribution in [2.24, 2.45) is 7.05 Å². The van der Waals surface area contributed by atoms with E-state index in [-0.39, 0.29) is 11.2 Å². The number of carbonyl (C=O) groups is 1. The summed E-state index contributed by atoms with van der Waals surface area (Å²) >= 11 is 9.54. The summed E-state index contributed by atoms with van der Waals surface area (Å²) in [6.45, 7) is 4.58. The van der Waals surface area contributed by atoms with Crippen molar-refractivity contribution >= 4 is 50.3 Å². The number of nitrogens with one attached hydrogen (secondary N) is 2. The third-order valence-electron chi connectivity index (χ3n) is 4.58. The van der Waals surface area contributed by atoms with E-state index in [0.29, 0.717) is 29.0 Å². The van der Waals surface area contributed by atoms with Gasteiger partial charge in [-0.3, -0.25) is 9.48 Å². The van der Waals surface area contributed by atoms with Gasteiger partial charge in [-0.05, 0) is 46.9 Å². The van der Waals surface area contributed by atoms with Crippen molar-refractivity contribution in [3.63, 3.8) is 0 Å². The molecule has 0 saturated carbocycles. The van der Waals surface area contributed by atoms with Gasteiger partial charge >= 0.3 is 0 Å². The zero-order valence-corrected chi connectivity index (χ0v) is 18.9. The fourth-order valence-corrected chi connectivity index (χ4v) is 3.51. The van der Waals surface area contributed by atoms with Crippen LogP contribution in [0.4, 0.5) is 5.82 Å². The minimum atomic E-state index is -0.451. The molecular formula is C19H23BrClN7O. The summed E-state index contributed by atoms with van der Waals surface area (Å²) in [4.78, 5) is 25.5. The fraction of sp³-hybridized carbons (Fsp3) is 0.421. The SMILES string of the molecule is CCCC[C@](C)(CNC(=O)c1cnn(C)c1)Nc1nc(Cl)nc2cc(Br)cnc12. The Morgan fingerprint density at radius 3 is 2.83 bits per heavy atom. The van der Waals surface area contributed by atoms with Crippen molar-refractivity contribution < 1.29 is 4.79 Å². The normalized spacial score (nSPS) is 13.3. The number of pyridine rings is 1. The summed E-state index contributed by atoms with van der Waals surface area (Å²) in [5, 5.41) is 10.6. The molecule has 2 N–H and O–H groups in total. The van der Waals surface area contributed by atoms with E-state index in [4.69, 9.17) is 11.6 Å². The van der Waals surface area contributed by atoms with Crippen LogP contribution in [-0.2, 0) is 7.05 Å². The van der Waals surface area contributed by atoms with Crippen molar-refractivity contribution in [1.29, 1.82) is 0 Å². The molecule has 0 aliphatic heterocycles. The van der Waals surface area contributed by atoms with Crippen molar-refractivity contribution in [1.82, 2.24) is 30.0 Å². The van der Waals surface area contributed by atoms with Crippen LogP contribution in [0.15, 0.2) is 29.1 Å². The predicted octanol–water partition coefficient (Wildman–Crippen LogP) is 3.97. The monoisotopic (exact) mass is 479 g/mol. The number of hydrogen-bond acceptors (Lipinski definition) is 6.